The van der Waals surface area contributed by atoms with Crippen LogP contribution in [0, 0.1) is 0 Å². The van der Waals surface area contributed by atoms with Crippen molar-refractivity contribution in [1.29, 1.82) is 0 Å². The number of aliphatic hydroxyl groups excluding tert-OH is 1. The molecule has 0 spiro atoms. The third-order valence-electron chi connectivity index (χ3n) is 2.98. The quantitative estimate of drug-likeness (QED) is 0.782. The Kier molecular flexibility index (Phi) is 5.95. The second-order valence-corrected chi connectivity index (χ2v) is 4.28. The summed E-state index contributed by atoms with van der Waals surface area (Å²) in [4.78, 5) is 2.27. The molecule has 94 valence electrons. The van der Waals surface area contributed by atoms with Crippen LogP contribution in [-0.4, -0.2) is 29.6 Å². The lowest BCUT2D eigenvalue weighted by molar-refractivity contribution is 0.116. The average Bonchev–Trinajstić information content (AvgIpc) is 2.38. The van der Waals surface area contributed by atoms with Gasteiger partial charge in [-0.05, 0) is 30.6 Å². The number of nitrogens with zero attached hydrogens (tertiary/aromatic N) is 1. The summed E-state index contributed by atoms with van der Waals surface area (Å²) in [6.45, 7) is 10.7. The predicted octanol–water partition coefficient (Wildman–Crippen LogP) is 3.09. The maximum Gasteiger partial charge on any atom is 0.0916 e. The Morgan fingerprint density at radius 2 is 1.94 bits per heavy atom. The second kappa shape index (κ2) is 7.25. The van der Waals surface area contributed by atoms with Gasteiger partial charge in [-0.1, -0.05) is 50.8 Å². The highest BCUT2D eigenvalue weighted by Gasteiger charge is 2.11. The molecular formula is C15H23NO. The van der Waals surface area contributed by atoms with E-state index in [9.17, 15) is 5.11 Å². The number of rotatable bonds is 7. The van der Waals surface area contributed by atoms with Gasteiger partial charge in [0, 0.05) is 6.54 Å². The van der Waals surface area contributed by atoms with Gasteiger partial charge in [0.1, 0.15) is 0 Å². The van der Waals surface area contributed by atoms with E-state index in [-0.39, 0.29) is 0 Å². The predicted molar refractivity (Wildman–Crippen MR) is 73.9 cm³/mol. The molecule has 1 aromatic carbocycles. The van der Waals surface area contributed by atoms with E-state index in [1.54, 1.807) is 0 Å². The van der Waals surface area contributed by atoms with Crippen LogP contribution in [0.15, 0.2) is 30.8 Å². The summed E-state index contributed by atoms with van der Waals surface area (Å²) in [7, 11) is 0. The summed E-state index contributed by atoms with van der Waals surface area (Å²) in [5.41, 5.74) is 2.06. The lowest BCUT2D eigenvalue weighted by atomic mass is 10.1. The average molecular weight is 233 g/mol. The normalized spacial score (nSPS) is 12.7. The van der Waals surface area contributed by atoms with Crippen LogP contribution in [0.2, 0.25) is 0 Å². The van der Waals surface area contributed by atoms with E-state index in [0.717, 1.165) is 30.6 Å². The zero-order valence-electron chi connectivity index (χ0n) is 10.9. The molecule has 0 heterocycles. The molecular weight excluding hydrogens is 210 g/mol. The summed E-state index contributed by atoms with van der Waals surface area (Å²) in [6, 6.07) is 7.92. The highest BCUT2D eigenvalue weighted by atomic mass is 16.3. The Bertz CT molecular complexity index is 331. The fraction of sp³-hybridized carbons (Fsp3) is 0.467. The molecule has 1 atom stereocenters. The molecule has 0 fully saturated rings. The summed E-state index contributed by atoms with van der Waals surface area (Å²) in [5, 5.41) is 10.1. The molecule has 0 saturated carbocycles. The van der Waals surface area contributed by atoms with Gasteiger partial charge in [0.2, 0.25) is 0 Å². The molecule has 0 aliphatic carbocycles. The molecule has 0 amide bonds. The van der Waals surface area contributed by atoms with Gasteiger partial charge in [-0.2, -0.15) is 0 Å². The minimum Gasteiger partial charge on any atom is -0.387 e. The summed E-state index contributed by atoms with van der Waals surface area (Å²) in [6.07, 6.45) is 2.53. The van der Waals surface area contributed by atoms with E-state index in [2.05, 4.69) is 25.3 Å². The molecule has 17 heavy (non-hydrogen) atoms. The zero-order chi connectivity index (χ0) is 12.7. The Hall–Kier alpha value is -1.12. The largest absolute Gasteiger partial charge is 0.387 e. The summed E-state index contributed by atoms with van der Waals surface area (Å²) in [5.74, 6) is 0. The molecule has 0 radical (unpaired) electrons. The zero-order valence-corrected chi connectivity index (χ0v) is 10.9. The summed E-state index contributed by atoms with van der Waals surface area (Å²) >= 11 is 0. The van der Waals surface area contributed by atoms with Crippen LogP contribution in [0.3, 0.4) is 0 Å². The smallest absolute Gasteiger partial charge is 0.0916 e. The van der Waals surface area contributed by atoms with Crippen molar-refractivity contribution in [1.82, 2.24) is 4.90 Å². The van der Waals surface area contributed by atoms with Crippen LogP contribution in [0.25, 0.3) is 6.08 Å². The molecule has 2 heteroatoms. The monoisotopic (exact) mass is 233 g/mol. The van der Waals surface area contributed by atoms with Crippen molar-refractivity contribution < 1.29 is 5.11 Å². The molecule has 1 aromatic rings. The molecule has 0 aliphatic rings. The van der Waals surface area contributed by atoms with Gasteiger partial charge in [-0.25, -0.2) is 0 Å². The SMILES string of the molecule is C=Cc1ccc(C(O)CN(CC)CCC)cc1. The molecule has 1 unspecified atom stereocenters. The highest BCUT2D eigenvalue weighted by Crippen LogP contribution is 2.15. The van der Waals surface area contributed by atoms with E-state index >= 15 is 0 Å². The van der Waals surface area contributed by atoms with Gasteiger partial charge >= 0.3 is 0 Å². The topological polar surface area (TPSA) is 23.5 Å². The summed E-state index contributed by atoms with van der Waals surface area (Å²) < 4.78 is 0. The van der Waals surface area contributed by atoms with Crippen LogP contribution >= 0.6 is 0 Å². The molecule has 0 saturated heterocycles. The van der Waals surface area contributed by atoms with Crippen molar-refractivity contribution >= 4 is 6.08 Å². The lowest BCUT2D eigenvalue weighted by Gasteiger charge is -2.23. The molecule has 1 rings (SSSR count). The third-order valence-corrected chi connectivity index (χ3v) is 2.98. The first kappa shape index (κ1) is 13.9. The number of hydrogen-bond acceptors (Lipinski definition) is 2. The first-order valence-electron chi connectivity index (χ1n) is 6.34. The van der Waals surface area contributed by atoms with E-state index in [4.69, 9.17) is 0 Å². The van der Waals surface area contributed by atoms with Gasteiger partial charge in [-0.3, -0.25) is 0 Å². The molecule has 0 aliphatic heterocycles. The molecule has 0 bridgehead atoms. The standard InChI is InChI=1S/C15H23NO/c1-4-11-16(6-3)12-15(17)14-9-7-13(5-2)8-10-14/h5,7-10,15,17H,2,4,6,11-12H2,1,3H3. The number of likely N-dealkylation sites (N-methyl/N-ethyl adjacent to an activating group) is 1. The van der Waals surface area contributed by atoms with E-state index in [1.807, 2.05) is 30.3 Å². The molecule has 1 N–H and O–H groups in total. The van der Waals surface area contributed by atoms with Gasteiger partial charge in [0.15, 0.2) is 0 Å². The molecule has 0 aromatic heterocycles. The number of hydrogen-bond donors (Lipinski definition) is 1. The minimum absolute atomic E-state index is 0.402. The van der Waals surface area contributed by atoms with Gasteiger partial charge in [0.25, 0.3) is 0 Å². The lowest BCUT2D eigenvalue weighted by Crippen LogP contribution is -2.29. The van der Waals surface area contributed by atoms with Crippen molar-refractivity contribution in [2.75, 3.05) is 19.6 Å². The fourth-order valence-electron chi connectivity index (χ4n) is 1.90. The molecule has 2 nitrogen and oxygen atoms in total. The van der Waals surface area contributed by atoms with Crippen LogP contribution in [0.5, 0.6) is 0 Å². The van der Waals surface area contributed by atoms with E-state index in [0.29, 0.717) is 6.54 Å². The van der Waals surface area contributed by atoms with Gasteiger partial charge < -0.3 is 10.0 Å². The number of aliphatic hydroxyl groups is 1. The maximum absolute atomic E-state index is 10.1. The third kappa shape index (κ3) is 4.33. The Morgan fingerprint density at radius 3 is 2.41 bits per heavy atom. The van der Waals surface area contributed by atoms with Gasteiger partial charge in [0.05, 0.1) is 6.10 Å². The van der Waals surface area contributed by atoms with Crippen LogP contribution in [0.4, 0.5) is 0 Å². The second-order valence-electron chi connectivity index (χ2n) is 4.28. The van der Waals surface area contributed by atoms with Crippen molar-refractivity contribution in [2.24, 2.45) is 0 Å². The van der Waals surface area contributed by atoms with Crippen molar-refractivity contribution in [3.05, 3.63) is 42.0 Å². The Balaban J connectivity index is 2.61. The van der Waals surface area contributed by atoms with Crippen LogP contribution in [-0.2, 0) is 0 Å². The van der Waals surface area contributed by atoms with Gasteiger partial charge in [-0.15, -0.1) is 0 Å². The van der Waals surface area contributed by atoms with Crippen LogP contribution < -0.4 is 0 Å². The van der Waals surface area contributed by atoms with E-state index < -0.39 is 6.10 Å². The van der Waals surface area contributed by atoms with Crippen molar-refractivity contribution in [3.63, 3.8) is 0 Å². The number of benzene rings is 1. The van der Waals surface area contributed by atoms with Crippen molar-refractivity contribution in [3.8, 4) is 0 Å². The first-order chi connectivity index (χ1) is 8.21. The van der Waals surface area contributed by atoms with Crippen molar-refractivity contribution in [2.45, 2.75) is 26.4 Å². The first-order valence-corrected chi connectivity index (χ1v) is 6.34. The minimum atomic E-state index is -0.402. The van der Waals surface area contributed by atoms with E-state index in [1.165, 1.54) is 0 Å². The maximum atomic E-state index is 10.1. The Morgan fingerprint density at radius 1 is 1.29 bits per heavy atom. The highest BCUT2D eigenvalue weighted by molar-refractivity contribution is 5.47. The Labute approximate surface area is 105 Å². The fourth-order valence-corrected chi connectivity index (χ4v) is 1.90. The van der Waals surface area contributed by atoms with Crippen LogP contribution in [0.1, 0.15) is 37.5 Å².